The summed E-state index contributed by atoms with van der Waals surface area (Å²) in [5.74, 6) is 2.15. The summed E-state index contributed by atoms with van der Waals surface area (Å²) in [4.78, 5) is 0. The summed E-state index contributed by atoms with van der Waals surface area (Å²) in [5, 5.41) is 3.27. The fourth-order valence-corrected chi connectivity index (χ4v) is 2.95. The van der Waals surface area contributed by atoms with Gasteiger partial charge in [-0.15, -0.1) is 0 Å². The summed E-state index contributed by atoms with van der Waals surface area (Å²) in [5.41, 5.74) is 4.12. The van der Waals surface area contributed by atoms with E-state index in [4.69, 9.17) is 4.74 Å². The third-order valence-electron chi connectivity index (χ3n) is 2.65. The van der Waals surface area contributed by atoms with E-state index < -0.39 is 0 Å². The van der Waals surface area contributed by atoms with Gasteiger partial charge >= 0.3 is 0 Å². The number of rotatable bonds is 7. The number of thioether (sulfide) groups is 1. The smallest absolute Gasteiger partial charge is 0.0623 e. The van der Waals surface area contributed by atoms with E-state index in [0.717, 1.165) is 18.1 Å². The molecule has 1 atom stereocenters. The van der Waals surface area contributed by atoms with Crippen LogP contribution in [0.2, 0.25) is 0 Å². The standard InChI is InChI=1S/C14H23NOS/c1-11-5-12(2)7-13(6-11)9-17-10-14(15-3)8-16-4/h5-7,14-15H,8-10H2,1-4H3. The molecule has 1 rings (SSSR count). The van der Waals surface area contributed by atoms with Crippen molar-refractivity contribution in [3.8, 4) is 0 Å². The van der Waals surface area contributed by atoms with Gasteiger partial charge in [-0.1, -0.05) is 29.3 Å². The number of benzene rings is 1. The fraction of sp³-hybridized carbons (Fsp3) is 0.571. The van der Waals surface area contributed by atoms with Gasteiger partial charge in [0, 0.05) is 24.7 Å². The highest BCUT2D eigenvalue weighted by Gasteiger charge is 2.05. The van der Waals surface area contributed by atoms with E-state index >= 15 is 0 Å². The molecular weight excluding hydrogens is 230 g/mol. The van der Waals surface area contributed by atoms with Gasteiger partial charge < -0.3 is 10.1 Å². The Bertz CT molecular complexity index is 321. The Morgan fingerprint density at radius 1 is 1.24 bits per heavy atom. The normalized spacial score (nSPS) is 12.7. The van der Waals surface area contributed by atoms with Crippen molar-refractivity contribution in [1.29, 1.82) is 0 Å². The topological polar surface area (TPSA) is 21.3 Å². The van der Waals surface area contributed by atoms with Crippen molar-refractivity contribution in [2.45, 2.75) is 25.6 Å². The van der Waals surface area contributed by atoms with E-state index in [-0.39, 0.29) is 0 Å². The van der Waals surface area contributed by atoms with E-state index in [1.165, 1.54) is 16.7 Å². The molecule has 0 saturated heterocycles. The highest BCUT2D eigenvalue weighted by Crippen LogP contribution is 2.16. The van der Waals surface area contributed by atoms with Crippen LogP contribution in [-0.4, -0.2) is 32.6 Å². The van der Waals surface area contributed by atoms with E-state index in [9.17, 15) is 0 Å². The molecule has 1 aromatic carbocycles. The number of methoxy groups -OCH3 is 1. The molecule has 0 amide bonds. The first-order valence-corrected chi connectivity index (χ1v) is 7.12. The maximum absolute atomic E-state index is 5.16. The Hall–Kier alpha value is -0.510. The molecule has 1 N–H and O–H groups in total. The molecule has 0 aliphatic heterocycles. The predicted molar refractivity (Wildman–Crippen MR) is 76.8 cm³/mol. The van der Waals surface area contributed by atoms with Gasteiger partial charge in [0.05, 0.1) is 6.61 Å². The summed E-state index contributed by atoms with van der Waals surface area (Å²) in [6.07, 6.45) is 0. The van der Waals surface area contributed by atoms with Crippen molar-refractivity contribution in [3.05, 3.63) is 34.9 Å². The van der Waals surface area contributed by atoms with Gasteiger partial charge in [0.25, 0.3) is 0 Å². The van der Waals surface area contributed by atoms with Crippen LogP contribution in [0.25, 0.3) is 0 Å². The number of likely N-dealkylation sites (N-methyl/N-ethyl adjacent to an activating group) is 1. The molecule has 0 heterocycles. The van der Waals surface area contributed by atoms with Crippen molar-refractivity contribution >= 4 is 11.8 Å². The Labute approximate surface area is 109 Å². The van der Waals surface area contributed by atoms with Gasteiger partial charge in [-0.2, -0.15) is 11.8 Å². The van der Waals surface area contributed by atoms with Crippen LogP contribution in [0.3, 0.4) is 0 Å². The third-order valence-corrected chi connectivity index (χ3v) is 3.82. The number of nitrogens with one attached hydrogen (secondary N) is 1. The van der Waals surface area contributed by atoms with Crippen LogP contribution in [-0.2, 0) is 10.5 Å². The van der Waals surface area contributed by atoms with Crippen molar-refractivity contribution in [2.24, 2.45) is 0 Å². The molecule has 0 spiro atoms. The van der Waals surface area contributed by atoms with Gasteiger partial charge in [-0.05, 0) is 26.5 Å². The lowest BCUT2D eigenvalue weighted by molar-refractivity contribution is 0.177. The van der Waals surface area contributed by atoms with E-state index in [1.54, 1.807) is 7.11 Å². The zero-order valence-corrected chi connectivity index (χ0v) is 12.1. The minimum Gasteiger partial charge on any atom is -0.383 e. The zero-order chi connectivity index (χ0) is 12.7. The average molecular weight is 253 g/mol. The Balaban J connectivity index is 2.39. The SMILES string of the molecule is CNC(COC)CSCc1cc(C)cc(C)c1. The van der Waals surface area contributed by atoms with Gasteiger partial charge in [-0.25, -0.2) is 0 Å². The molecule has 0 aromatic heterocycles. The van der Waals surface area contributed by atoms with Crippen molar-refractivity contribution < 1.29 is 4.74 Å². The van der Waals surface area contributed by atoms with Crippen molar-refractivity contribution in [2.75, 3.05) is 26.5 Å². The second kappa shape index (κ2) is 7.75. The fourth-order valence-electron chi connectivity index (χ4n) is 1.89. The van der Waals surface area contributed by atoms with Gasteiger partial charge in [0.1, 0.15) is 0 Å². The monoisotopic (exact) mass is 253 g/mol. The molecule has 17 heavy (non-hydrogen) atoms. The zero-order valence-electron chi connectivity index (χ0n) is 11.2. The van der Waals surface area contributed by atoms with Crippen LogP contribution in [0.1, 0.15) is 16.7 Å². The summed E-state index contributed by atoms with van der Waals surface area (Å²) in [6.45, 7) is 5.08. The number of ether oxygens (including phenoxy) is 1. The van der Waals surface area contributed by atoms with Gasteiger partial charge in [-0.3, -0.25) is 0 Å². The molecule has 1 aromatic rings. The Kier molecular flexibility index (Phi) is 6.63. The van der Waals surface area contributed by atoms with Crippen LogP contribution in [0.4, 0.5) is 0 Å². The predicted octanol–water partition coefficient (Wildman–Crippen LogP) is 2.77. The first-order chi connectivity index (χ1) is 8.15. The lowest BCUT2D eigenvalue weighted by atomic mass is 10.1. The molecular formula is C14H23NOS. The first kappa shape index (κ1) is 14.6. The quantitative estimate of drug-likeness (QED) is 0.807. The third kappa shape index (κ3) is 5.57. The lowest BCUT2D eigenvalue weighted by Crippen LogP contribution is -2.32. The molecule has 96 valence electrons. The number of hydrogen-bond acceptors (Lipinski definition) is 3. The van der Waals surface area contributed by atoms with E-state index in [2.05, 4.69) is 37.4 Å². The highest BCUT2D eigenvalue weighted by atomic mass is 32.2. The second-order valence-electron chi connectivity index (χ2n) is 4.45. The molecule has 3 heteroatoms. The van der Waals surface area contributed by atoms with E-state index in [0.29, 0.717) is 6.04 Å². The second-order valence-corrected chi connectivity index (χ2v) is 5.48. The van der Waals surface area contributed by atoms with Crippen LogP contribution >= 0.6 is 11.8 Å². The molecule has 0 aliphatic carbocycles. The molecule has 0 fully saturated rings. The minimum absolute atomic E-state index is 0.441. The number of aryl methyl sites for hydroxylation is 2. The minimum atomic E-state index is 0.441. The molecule has 0 bridgehead atoms. The van der Waals surface area contributed by atoms with Crippen LogP contribution < -0.4 is 5.32 Å². The summed E-state index contributed by atoms with van der Waals surface area (Å²) < 4.78 is 5.16. The van der Waals surface area contributed by atoms with Crippen LogP contribution in [0.15, 0.2) is 18.2 Å². The summed E-state index contributed by atoms with van der Waals surface area (Å²) in [6, 6.07) is 7.20. The van der Waals surface area contributed by atoms with Crippen molar-refractivity contribution in [3.63, 3.8) is 0 Å². The van der Waals surface area contributed by atoms with Crippen LogP contribution in [0.5, 0.6) is 0 Å². The lowest BCUT2D eigenvalue weighted by Gasteiger charge is -2.14. The Morgan fingerprint density at radius 3 is 2.41 bits per heavy atom. The van der Waals surface area contributed by atoms with Crippen molar-refractivity contribution in [1.82, 2.24) is 5.32 Å². The van der Waals surface area contributed by atoms with E-state index in [1.807, 2.05) is 18.8 Å². The molecule has 2 nitrogen and oxygen atoms in total. The van der Waals surface area contributed by atoms with Crippen LogP contribution in [0, 0.1) is 13.8 Å². The molecule has 1 unspecified atom stereocenters. The first-order valence-electron chi connectivity index (χ1n) is 5.97. The molecule has 0 aliphatic rings. The summed E-state index contributed by atoms with van der Waals surface area (Å²) >= 11 is 1.95. The molecule has 0 radical (unpaired) electrons. The maximum Gasteiger partial charge on any atom is 0.0623 e. The summed E-state index contributed by atoms with van der Waals surface area (Å²) in [7, 11) is 3.74. The highest BCUT2D eigenvalue weighted by molar-refractivity contribution is 7.98. The van der Waals surface area contributed by atoms with Gasteiger partial charge in [0.15, 0.2) is 0 Å². The number of hydrogen-bond donors (Lipinski definition) is 1. The molecule has 0 saturated carbocycles. The van der Waals surface area contributed by atoms with Gasteiger partial charge in [0.2, 0.25) is 0 Å². The largest absolute Gasteiger partial charge is 0.383 e. The average Bonchev–Trinajstić information content (AvgIpc) is 2.26. The Morgan fingerprint density at radius 2 is 1.88 bits per heavy atom. The maximum atomic E-state index is 5.16.